The van der Waals surface area contributed by atoms with E-state index in [9.17, 15) is 24.3 Å². The second-order valence-electron chi connectivity index (χ2n) is 17.2. The molecule has 4 fully saturated rings. The molecule has 4 aliphatic rings. The van der Waals surface area contributed by atoms with Gasteiger partial charge in [0, 0.05) is 73.9 Å². The summed E-state index contributed by atoms with van der Waals surface area (Å²) in [6, 6.07) is 29.7. The number of carboxylic acid groups (broad SMARTS) is 1. The van der Waals surface area contributed by atoms with E-state index in [4.69, 9.17) is 23.0 Å². The lowest BCUT2D eigenvalue weighted by Crippen LogP contribution is -2.41. The number of carboxylic acids is 1. The summed E-state index contributed by atoms with van der Waals surface area (Å²) in [5.41, 5.74) is 4.86. The molecule has 6 aromatic rings. The van der Waals surface area contributed by atoms with Crippen LogP contribution < -0.4 is 30.5 Å². The van der Waals surface area contributed by atoms with E-state index in [1.807, 2.05) is 61.2 Å². The number of anilines is 4. The van der Waals surface area contributed by atoms with E-state index in [0.717, 1.165) is 61.3 Å². The Hall–Kier alpha value is -6.64. The fourth-order valence-electron chi connectivity index (χ4n) is 9.78. The Morgan fingerprint density at radius 1 is 0.615 bits per heavy atom. The molecule has 0 spiro atoms. The highest BCUT2D eigenvalue weighted by molar-refractivity contribution is 5.96. The molecule has 0 saturated carbocycles. The van der Waals surface area contributed by atoms with Crippen molar-refractivity contribution in [3.63, 3.8) is 0 Å². The molecule has 6 heterocycles. The third-order valence-corrected chi connectivity index (χ3v) is 12.9. The van der Waals surface area contributed by atoms with Gasteiger partial charge in [0.1, 0.15) is 11.2 Å². The Morgan fingerprint density at radius 3 is 1.49 bits per heavy atom. The van der Waals surface area contributed by atoms with Crippen LogP contribution in [0.2, 0.25) is 0 Å². The van der Waals surface area contributed by atoms with Gasteiger partial charge in [0.2, 0.25) is 0 Å². The van der Waals surface area contributed by atoms with E-state index in [1.165, 1.54) is 25.3 Å². The number of aromatic carboxylic acids is 1. The molecule has 65 heavy (non-hydrogen) atoms. The van der Waals surface area contributed by atoms with Gasteiger partial charge in [-0.3, -0.25) is 9.59 Å². The average Bonchev–Trinajstić information content (AvgIpc) is 4.03. The maximum absolute atomic E-state index is 13.2. The van der Waals surface area contributed by atoms with Gasteiger partial charge in [0.05, 0.1) is 66.5 Å². The number of benzene rings is 4. The van der Waals surface area contributed by atoms with E-state index in [-0.39, 0.29) is 40.7 Å². The normalized spacial score (nSPS) is 21.1. The predicted molar refractivity (Wildman–Crippen MR) is 250 cm³/mol. The quantitative estimate of drug-likeness (QED) is 0.146. The van der Waals surface area contributed by atoms with Crippen LogP contribution in [0.4, 0.5) is 23.1 Å². The second kappa shape index (κ2) is 18.8. The van der Waals surface area contributed by atoms with Crippen molar-refractivity contribution in [1.82, 2.24) is 0 Å². The van der Waals surface area contributed by atoms with Gasteiger partial charge in [-0.05, 0) is 88.1 Å². The van der Waals surface area contributed by atoms with E-state index >= 15 is 0 Å². The number of ether oxygens (including phenoxy) is 3. The average molecular weight is 883 g/mol. The van der Waals surface area contributed by atoms with Crippen molar-refractivity contribution >= 4 is 57.0 Å². The van der Waals surface area contributed by atoms with Crippen molar-refractivity contribution in [3.05, 3.63) is 140 Å². The molecular weight excluding hydrogens is 829 g/mol. The Morgan fingerprint density at radius 2 is 1.06 bits per heavy atom. The number of carbonyl (C=O) groups excluding carboxylic acids is 1. The smallest absolute Gasteiger partial charge is 0.337 e. The fourth-order valence-corrected chi connectivity index (χ4v) is 9.78. The molecule has 4 saturated heterocycles. The lowest BCUT2D eigenvalue weighted by molar-refractivity contribution is 0.0516. The number of esters is 1. The molecule has 2 aromatic heterocycles. The summed E-state index contributed by atoms with van der Waals surface area (Å²) in [4.78, 5) is 59.3. The van der Waals surface area contributed by atoms with Crippen LogP contribution in [0.15, 0.2) is 115 Å². The summed E-state index contributed by atoms with van der Waals surface area (Å²) < 4.78 is 29.0. The summed E-state index contributed by atoms with van der Waals surface area (Å²) in [7, 11) is 1.35. The van der Waals surface area contributed by atoms with Crippen LogP contribution in [-0.2, 0) is 14.2 Å². The number of para-hydroxylation sites is 2. The van der Waals surface area contributed by atoms with Crippen LogP contribution in [0, 0.1) is 0 Å². The lowest BCUT2D eigenvalue weighted by Gasteiger charge is -2.32. The molecule has 10 rings (SSSR count). The minimum absolute atomic E-state index is 0.0125. The topological polar surface area (TPSA) is 155 Å². The largest absolute Gasteiger partial charge is 0.478 e. The summed E-state index contributed by atoms with van der Waals surface area (Å²) in [5, 5.41) is 10.4. The first-order valence-corrected chi connectivity index (χ1v) is 22.5. The first-order chi connectivity index (χ1) is 31.6. The minimum Gasteiger partial charge on any atom is -0.478 e. The molecule has 14 heteroatoms. The standard InChI is InChI=1S/C26H28N2O5.C25H26N2O5/c1-17-16-27(11-12-32-17)24-15-23(29)21-14-18(26(30)31-2)13-20(25(21)33-24)22-9-6-10-28(22)19-7-4-3-5-8-19;1-16-15-26(10-11-31-16)23-14-22(28)20-13-17(25(29)30)12-19(24(20)32-23)21-8-5-9-27(21)18-6-3-2-4-7-18/h3-5,7-8,13-15,17,22H,6,9-12,16H2,1-2H3;2-4,6-7,12-14,16,21H,5,8-11,15H2,1H3,(H,29,30)/t17-,22?;16-,21?/m11/s1. The van der Waals surface area contributed by atoms with Crippen LogP contribution in [0.5, 0.6) is 0 Å². The number of rotatable bonds is 8. The summed E-state index contributed by atoms with van der Waals surface area (Å²) in [6.45, 7) is 9.50. The zero-order valence-corrected chi connectivity index (χ0v) is 36.9. The number of hydrogen-bond acceptors (Lipinski definition) is 13. The van der Waals surface area contributed by atoms with Crippen molar-refractivity contribution in [2.24, 2.45) is 0 Å². The number of morpholine rings is 2. The number of carbonyl (C=O) groups is 2. The highest BCUT2D eigenvalue weighted by atomic mass is 16.5. The highest BCUT2D eigenvalue weighted by Gasteiger charge is 2.33. The summed E-state index contributed by atoms with van der Waals surface area (Å²) >= 11 is 0. The lowest BCUT2D eigenvalue weighted by atomic mass is 9.98. The third-order valence-electron chi connectivity index (χ3n) is 12.9. The molecule has 4 aromatic carbocycles. The maximum Gasteiger partial charge on any atom is 0.337 e. The molecule has 338 valence electrons. The Bertz CT molecular complexity index is 2810. The number of methoxy groups -OCH3 is 1. The third kappa shape index (κ3) is 9.05. The molecular formula is C51H54N4O10. The zero-order chi connectivity index (χ0) is 45.2. The number of fused-ring (bicyclic) bond motifs is 2. The number of hydrogen-bond donors (Lipinski definition) is 1. The fraction of sp³-hybridized carbons (Fsp3) is 0.373. The first kappa shape index (κ1) is 43.6. The SMILES string of the molecule is COC(=O)c1cc(C2CCCN2c2ccccc2)c2oc(N3CCO[C@H](C)C3)cc(=O)c2c1.C[C@@H]1CN(c2cc(=O)c3cc(C(=O)O)cc(C4CCCN4c4ccccc4)c3o2)CCO1. The Kier molecular flexibility index (Phi) is 12.6. The van der Waals surface area contributed by atoms with Crippen LogP contribution >= 0.6 is 0 Å². The number of nitrogens with zero attached hydrogens (tertiary/aromatic N) is 4. The van der Waals surface area contributed by atoms with Gasteiger partial charge in [0.15, 0.2) is 22.6 Å². The van der Waals surface area contributed by atoms with E-state index in [0.29, 0.717) is 78.7 Å². The maximum atomic E-state index is 13.2. The Balaban J connectivity index is 0.000000164. The predicted octanol–water partition coefficient (Wildman–Crippen LogP) is 8.20. The van der Waals surface area contributed by atoms with Gasteiger partial charge in [-0.15, -0.1) is 0 Å². The zero-order valence-electron chi connectivity index (χ0n) is 36.9. The molecule has 1 N–H and O–H groups in total. The molecule has 0 bridgehead atoms. The molecule has 4 atom stereocenters. The molecule has 4 aliphatic heterocycles. The second-order valence-corrected chi connectivity index (χ2v) is 17.2. The monoisotopic (exact) mass is 882 g/mol. The molecule has 0 radical (unpaired) electrons. The first-order valence-electron chi connectivity index (χ1n) is 22.5. The highest BCUT2D eigenvalue weighted by Crippen LogP contribution is 2.42. The van der Waals surface area contributed by atoms with Crippen molar-refractivity contribution in [2.45, 2.75) is 63.8 Å². The van der Waals surface area contributed by atoms with Gasteiger partial charge in [-0.25, -0.2) is 9.59 Å². The molecule has 0 amide bonds. The van der Waals surface area contributed by atoms with E-state index < -0.39 is 11.9 Å². The van der Waals surface area contributed by atoms with Crippen LogP contribution in [0.1, 0.15) is 83.5 Å². The summed E-state index contributed by atoms with van der Waals surface area (Å²) in [5.74, 6) is -0.471. The Labute approximate surface area is 376 Å². The van der Waals surface area contributed by atoms with Gasteiger partial charge in [0.25, 0.3) is 0 Å². The van der Waals surface area contributed by atoms with Gasteiger partial charge in [-0.1, -0.05) is 36.4 Å². The van der Waals surface area contributed by atoms with Crippen molar-refractivity contribution in [1.29, 1.82) is 0 Å². The van der Waals surface area contributed by atoms with Gasteiger partial charge >= 0.3 is 11.9 Å². The molecule has 0 aliphatic carbocycles. The minimum atomic E-state index is -1.05. The van der Waals surface area contributed by atoms with Crippen molar-refractivity contribution in [2.75, 3.05) is 79.2 Å². The van der Waals surface area contributed by atoms with Crippen molar-refractivity contribution < 1.29 is 37.7 Å². The summed E-state index contributed by atoms with van der Waals surface area (Å²) in [6.07, 6.45) is 3.84. The van der Waals surface area contributed by atoms with Gasteiger partial charge in [-0.2, -0.15) is 0 Å². The van der Waals surface area contributed by atoms with Crippen LogP contribution in [-0.4, -0.2) is 88.8 Å². The van der Waals surface area contributed by atoms with Crippen molar-refractivity contribution in [3.8, 4) is 0 Å². The van der Waals surface area contributed by atoms with Crippen LogP contribution in [0.25, 0.3) is 21.9 Å². The molecule has 2 unspecified atom stereocenters. The van der Waals surface area contributed by atoms with Gasteiger partial charge < -0.3 is 47.8 Å². The molecule has 14 nitrogen and oxygen atoms in total. The van der Waals surface area contributed by atoms with E-state index in [2.05, 4.69) is 39.0 Å². The van der Waals surface area contributed by atoms with E-state index in [1.54, 1.807) is 12.1 Å². The van der Waals surface area contributed by atoms with Crippen LogP contribution in [0.3, 0.4) is 0 Å².